The van der Waals surface area contributed by atoms with Crippen LogP contribution in [0.4, 0.5) is 5.82 Å². The Morgan fingerprint density at radius 2 is 1.79 bits per heavy atom. The second-order valence-corrected chi connectivity index (χ2v) is 15.1. The van der Waals surface area contributed by atoms with Gasteiger partial charge in [-0.25, -0.2) is 4.98 Å². The molecule has 48 heavy (non-hydrogen) atoms. The smallest absolute Gasteiger partial charge is 0.228 e. The van der Waals surface area contributed by atoms with Crippen LogP contribution >= 0.6 is 34.8 Å². The van der Waals surface area contributed by atoms with Gasteiger partial charge in [-0.2, -0.15) is 0 Å². The highest BCUT2D eigenvalue weighted by molar-refractivity contribution is 6.37. The lowest BCUT2D eigenvalue weighted by Gasteiger charge is -2.36. The number of pyridine rings is 1. The molecule has 2 aromatic carbocycles. The number of rotatable bonds is 11. The normalized spacial score (nSPS) is 22.4. The number of hydrogen-bond donors (Lipinski definition) is 2. The highest BCUT2D eigenvalue weighted by atomic mass is 35.5. The fraction of sp³-hybridized carbons (Fsp3) is 0.486. The number of nitrogens with one attached hydrogen (secondary N) is 2. The molecule has 2 N–H and O–H groups in total. The molecule has 2 amide bonds. The standard InChI is InChI=1S/C37H42Cl3N5O3/c1-22-14-32(39)36(33(40)15-22)48-28-11-13-44(21-28)34-9-3-24(18-42-34)29-10-12-41-19-30(29)37(47)45(27-6-7-27)20-25-16-23(2-8-31(25)38)17-35(46)43-26-4-5-26/h2-3,8-9,14-16,18,26-30,41H,4-7,10-13,17,19-21H2,1H3,(H,43,46)/t28-,29?,30?/m1/s1. The van der Waals surface area contributed by atoms with E-state index in [1.807, 2.05) is 48.4 Å². The van der Waals surface area contributed by atoms with Gasteiger partial charge in [-0.15, -0.1) is 0 Å². The van der Waals surface area contributed by atoms with E-state index in [0.29, 0.717) is 52.9 Å². The first-order valence-electron chi connectivity index (χ1n) is 17.1. The van der Waals surface area contributed by atoms with Crippen LogP contribution in [0, 0.1) is 12.8 Å². The van der Waals surface area contributed by atoms with Crippen molar-refractivity contribution in [3.05, 3.63) is 86.0 Å². The molecule has 0 radical (unpaired) electrons. The lowest BCUT2D eigenvalue weighted by atomic mass is 9.80. The van der Waals surface area contributed by atoms with Crippen molar-refractivity contribution in [1.82, 2.24) is 20.5 Å². The van der Waals surface area contributed by atoms with Crippen molar-refractivity contribution in [3.8, 4) is 5.75 Å². The Kier molecular flexibility index (Phi) is 10.1. The number of aromatic nitrogens is 1. The van der Waals surface area contributed by atoms with Crippen LogP contribution in [-0.2, 0) is 22.6 Å². The summed E-state index contributed by atoms with van der Waals surface area (Å²) < 4.78 is 6.23. The largest absolute Gasteiger partial charge is 0.485 e. The van der Waals surface area contributed by atoms with Crippen molar-refractivity contribution in [2.45, 2.75) is 82.5 Å². The maximum atomic E-state index is 14.3. The van der Waals surface area contributed by atoms with Crippen LogP contribution in [0.1, 0.15) is 66.7 Å². The number of halogens is 3. The van der Waals surface area contributed by atoms with Gasteiger partial charge in [0.05, 0.1) is 28.9 Å². The number of aryl methyl sites for hydroxylation is 1. The summed E-state index contributed by atoms with van der Waals surface area (Å²) in [5.74, 6) is 1.47. The number of hydrogen-bond acceptors (Lipinski definition) is 6. The Bertz CT molecular complexity index is 1640. The molecule has 8 nitrogen and oxygen atoms in total. The molecule has 2 aliphatic heterocycles. The van der Waals surface area contributed by atoms with Gasteiger partial charge in [-0.05, 0) is 98.0 Å². The molecule has 11 heteroatoms. The number of carbonyl (C=O) groups is 2. The van der Waals surface area contributed by atoms with Gasteiger partial charge in [-0.1, -0.05) is 53.0 Å². The van der Waals surface area contributed by atoms with Crippen molar-refractivity contribution >= 4 is 52.4 Å². The lowest BCUT2D eigenvalue weighted by Crippen LogP contribution is -2.47. The third-order valence-corrected chi connectivity index (χ3v) is 10.9. The van der Waals surface area contributed by atoms with Crippen LogP contribution < -0.4 is 20.3 Å². The van der Waals surface area contributed by atoms with Gasteiger partial charge in [-0.3, -0.25) is 9.59 Å². The maximum absolute atomic E-state index is 14.3. The molecule has 4 fully saturated rings. The summed E-state index contributed by atoms with van der Waals surface area (Å²) in [6.45, 7) is 5.38. The molecule has 4 aliphatic rings. The van der Waals surface area contributed by atoms with Gasteiger partial charge in [0.2, 0.25) is 11.8 Å². The quantitative estimate of drug-likeness (QED) is 0.230. The van der Waals surface area contributed by atoms with Gasteiger partial charge in [0, 0.05) is 49.4 Å². The first-order valence-corrected chi connectivity index (χ1v) is 18.3. The molecule has 3 aromatic rings. The molecule has 2 saturated heterocycles. The minimum Gasteiger partial charge on any atom is -0.485 e. The summed E-state index contributed by atoms with van der Waals surface area (Å²) >= 11 is 19.5. The molecule has 2 unspecified atom stereocenters. The van der Waals surface area contributed by atoms with Crippen LogP contribution in [-0.4, -0.2) is 66.1 Å². The number of ether oxygens (including phenoxy) is 1. The van der Waals surface area contributed by atoms with Crippen LogP contribution in [0.5, 0.6) is 5.75 Å². The minimum atomic E-state index is -0.202. The van der Waals surface area contributed by atoms with E-state index < -0.39 is 0 Å². The maximum Gasteiger partial charge on any atom is 0.228 e. The van der Waals surface area contributed by atoms with Crippen molar-refractivity contribution in [2.24, 2.45) is 5.92 Å². The van der Waals surface area contributed by atoms with Crippen molar-refractivity contribution in [3.63, 3.8) is 0 Å². The highest BCUT2D eigenvalue weighted by Gasteiger charge is 2.40. The summed E-state index contributed by atoms with van der Waals surface area (Å²) in [5, 5.41) is 8.20. The van der Waals surface area contributed by atoms with Crippen molar-refractivity contribution < 1.29 is 14.3 Å². The molecule has 1 aromatic heterocycles. The number of carbonyl (C=O) groups excluding carboxylic acids is 2. The number of amides is 2. The van der Waals surface area contributed by atoms with Crippen molar-refractivity contribution in [2.75, 3.05) is 31.1 Å². The molecular formula is C37H42Cl3N5O3. The fourth-order valence-electron chi connectivity index (χ4n) is 7.04. The first-order chi connectivity index (χ1) is 23.2. The van der Waals surface area contributed by atoms with E-state index in [1.165, 1.54) is 0 Å². The van der Waals surface area contributed by atoms with Crippen LogP contribution in [0.25, 0.3) is 0 Å². The summed E-state index contributed by atoms with van der Waals surface area (Å²) in [5.41, 5.74) is 3.88. The van der Waals surface area contributed by atoms with Gasteiger partial charge in [0.15, 0.2) is 5.75 Å². The molecule has 7 rings (SSSR count). The van der Waals surface area contributed by atoms with Crippen LogP contribution in [0.15, 0.2) is 48.7 Å². The summed E-state index contributed by atoms with van der Waals surface area (Å²) in [6, 6.07) is 14.2. The van der Waals surface area contributed by atoms with E-state index in [1.54, 1.807) is 0 Å². The average molecular weight is 711 g/mol. The van der Waals surface area contributed by atoms with Gasteiger partial charge < -0.3 is 25.2 Å². The second kappa shape index (κ2) is 14.4. The Morgan fingerprint density at radius 1 is 1.00 bits per heavy atom. The topological polar surface area (TPSA) is 86.8 Å². The fourth-order valence-corrected chi connectivity index (χ4v) is 7.90. The molecule has 3 heterocycles. The van der Waals surface area contributed by atoms with E-state index in [2.05, 4.69) is 27.7 Å². The van der Waals surface area contributed by atoms with Gasteiger partial charge in [0.1, 0.15) is 11.9 Å². The van der Waals surface area contributed by atoms with E-state index in [9.17, 15) is 9.59 Å². The molecule has 3 atom stereocenters. The summed E-state index contributed by atoms with van der Waals surface area (Å²) in [7, 11) is 0. The van der Waals surface area contributed by atoms with Crippen LogP contribution in [0.2, 0.25) is 15.1 Å². The molecule has 0 bridgehead atoms. The zero-order chi connectivity index (χ0) is 33.4. The lowest BCUT2D eigenvalue weighted by molar-refractivity contribution is -0.138. The van der Waals surface area contributed by atoms with Crippen LogP contribution in [0.3, 0.4) is 0 Å². The average Bonchev–Trinajstić information content (AvgIpc) is 4.02. The predicted octanol–water partition coefficient (Wildman–Crippen LogP) is 6.71. The molecule has 2 aliphatic carbocycles. The Morgan fingerprint density at radius 3 is 2.50 bits per heavy atom. The number of anilines is 1. The predicted molar refractivity (Wildman–Crippen MR) is 190 cm³/mol. The third kappa shape index (κ3) is 7.88. The Balaban J connectivity index is 1.01. The molecular weight excluding hydrogens is 669 g/mol. The Hall–Kier alpha value is -3.04. The highest BCUT2D eigenvalue weighted by Crippen LogP contribution is 2.38. The first kappa shape index (κ1) is 33.5. The number of piperidine rings is 1. The zero-order valence-corrected chi connectivity index (χ0v) is 29.5. The van der Waals surface area contributed by atoms with E-state index in [-0.39, 0.29) is 35.8 Å². The summed E-state index contributed by atoms with van der Waals surface area (Å²) in [6.07, 6.45) is 8.03. The van der Waals surface area contributed by atoms with Gasteiger partial charge >= 0.3 is 0 Å². The molecule has 254 valence electrons. The second-order valence-electron chi connectivity index (χ2n) is 13.8. The zero-order valence-electron chi connectivity index (χ0n) is 27.2. The molecule has 0 spiro atoms. The number of benzene rings is 2. The summed E-state index contributed by atoms with van der Waals surface area (Å²) in [4.78, 5) is 35.9. The monoisotopic (exact) mass is 709 g/mol. The number of nitrogens with zero attached hydrogens (tertiary/aromatic N) is 3. The van der Waals surface area contributed by atoms with E-state index in [0.717, 1.165) is 79.7 Å². The third-order valence-electron chi connectivity index (χ3n) is 9.92. The van der Waals surface area contributed by atoms with E-state index >= 15 is 0 Å². The minimum absolute atomic E-state index is 0.0339. The van der Waals surface area contributed by atoms with E-state index in [4.69, 9.17) is 44.5 Å². The Labute approximate surface area is 297 Å². The van der Waals surface area contributed by atoms with Gasteiger partial charge in [0.25, 0.3) is 0 Å². The van der Waals surface area contributed by atoms with Crippen molar-refractivity contribution in [1.29, 1.82) is 0 Å². The molecule has 2 saturated carbocycles. The SMILES string of the molecule is Cc1cc(Cl)c(O[C@@H]2CCN(c3ccc(C4CCNCC4C(=O)N(Cc4cc(CC(=O)NC5CC5)ccc4Cl)C4CC4)cn3)C2)c(Cl)c1.